The van der Waals surface area contributed by atoms with Crippen molar-refractivity contribution in [3.05, 3.63) is 91.4 Å². The Labute approximate surface area is 178 Å². The summed E-state index contributed by atoms with van der Waals surface area (Å²) in [6, 6.07) is 14.4. The molecule has 2 aromatic carbocycles. The third-order valence-electron chi connectivity index (χ3n) is 4.52. The van der Waals surface area contributed by atoms with Crippen LogP contribution in [0.1, 0.15) is 38.3 Å². The summed E-state index contributed by atoms with van der Waals surface area (Å²) in [6.45, 7) is 5.29. The summed E-state index contributed by atoms with van der Waals surface area (Å²) in [6.07, 6.45) is 1.49. The van der Waals surface area contributed by atoms with Crippen LogP contribution in [0.15, 0.2) is 52.4 Å². The van der Waals surface area contributed by atoms with Crippen LogP contribution in [-0.2, 0) is 0 Å². The van der Waals surface area contributed by atoms with Crippen LogP contribution >= 0.6 is 11.6 Å². The van der Waals surface area contributed by atoms with E-state index in [4.69, 9.17) is 11.6 Å². The summed E-state index contributed by atoms with van der Waals surface area (Å²) in [5.41, 5.74) is 4.78. The minimum Gasteiger partial charge on any atom is -0.266 e. The maximum absolute atomic E-state index is 12.7. The Balaban J connectivity index is 1.98. The molecule has 1 aromatic heterocycles. The minimum atomic E-state index is -0.640. The van der Waals surface area contributed by atoms with Crippen molar-refractivity contribution >= 4 is 23.7 Å². The quantitative estimate of drug-likeness (QED) is 0.517. The second kappa shape index (κ2) is 8.72. The Hall–Kier alpha value is -3.76. The molecule has 1 amide bonds. The van der Waals surface area contributed by atoms with Crippen molar-refractivity contribution in [2.75, 3.05) is 0 Å². The Bertz CT molecular complexity index is 1250. The monoisotopic (exact) mass is 419 g/mol. The molecule has 0 spiro atoms. The van der Waals surface area contributed by atoms with E-state index in [0.717, 1.165) is 21.4 Å². The topological polar surface area (TPSA) is 100 Å². The number of hydrazone groups is 1. The van der Waals surface area contributed by atoms with Crippen LogP contribution in [0.4, 0.5) is 0 Å². The summed E-state index contributed by atoms with van der Waals surface area (Å²) in [5.74, 6) is -0.640. The molecular weight excluding hydrogens is 402 g/mol. The Kier molecular flexibility index (Phi) is 6.09. The van der Waals surface area contributed by atoms with Gasteiger partial charge in [0.05, 0.1) is 11.9 Å². The molecule has 7 nitrogen and oxygen atoms in total. The molecule has 0 aliphatic rings. The van der Waals surface area contributed by atoms with Crippen molar-refractivity contribution in [3.8, 4) is 11.8 Å². The van der Waals surface area contributed by atoms with Crippen molar-refractivity contribution in [1.29, 1.82) is 5.26 Å². The van der Waals surface area contributed by atoms with Gasteiger partial charge in [0, 0.05) is 10.6 Å². The fourth-order valence-corrected chi connectivity index (χ4v) is 2.89. The van der Waals surface area contributed by atoms with Gasteiger partial charge in [-0.15, -0.1) is 0 Å². The number of carbonyl (C=O) groups is 1. The molecule has 8 heteroatoms. The maximum atomic E-state index is 12.7. The van der Waals surface area contributed by atoms with Crippen LogP contribution in [-0.4, -0.2) is 21.9 Å². The zero-order valence-electron chi connectivity index (χ0n) is 16.6. The summed E-state index contributed by atoms with van der Waals surface area (Å²) in [5, 5.41) is 18.0. The number of amides is 1. The van der Waals surface area contributed by atoms with Gasteiger partial charge >= 0.3 is 0 Å². The number of carbonyl (C=O) groups excluding carboxylic acids is 1. The zero-order chi connectivity index (χ0) is 21.8. The van der Waals surface area contributed by atoms with E-state index in [9.17, 15) is 14.9 Å². The van der Waals surface area contributed by atoms with Gasteiger partial charge in [0.1, 0.15) is 11.6 Å². The first-order chi connectivity index (χ1) is 14.3. The lowest BCUT2D eigenvalue weighted by Gasteiger charge is -2.11. The Morgan fingerprint density at radius 1 is 1.20 bits per heavy atom. The average molecular weight is 420 g/mol. The molecule has 0 unspecified atom stereocenters. The number of rotatable bonds is 4. The van der Waals surface area contributed by atoms with Gasteiger partial charge in [-0.1, -0.05) is 47.5 Å². The largest absolute Gasteiger partial charge is 0.292 e. The molecule has 0 aliphatic carbocycles. The summed E-state index contributed by atoms with van der Waals surface area (Å²) < 4.78 is 0.996. The maximum Gasteiger partial charge on any atom is 0.292 e. The fourth-order valence-electron chi connectivity index (χ4n) is 2.71. The number of hydrogen-bond donors (Lipinski definition) is 1. The van der Waals surface area contributed by atoms with E-state index in [1.165, 1.54) is 13.1 Å². The molecule has 0 aliphatic heterocycles. The molecule has 150 valence electrons. The van der Waals surface area contributed by atoms with E-state index >= 15 is 0 Å². The zero-order valence-corrected chi connectivity index (χ0v) is 17.4. The van der Waals surface area contributed by atoms with Crippen LogP contribution in [0.5, 0.6) is 0 Å². The Morgan fingerprint density at radius 3 is 2.53 bits per heavy atom. The molecule has 0 saturated carbocycles. The van der Waals surface area contributed by atoms with Crippen LogP contribution in [0.25, 0.3) is 5.69 Å². The third-order valence-corrected chi connectivity index (χ3v) is 4.93. The number of nitriles is 1. The van der Waals surface area contributed by atoms with E-state index in [1.807, 2.05) is 44.2 Å². The molecule has 3 rings (SSSR count). The van der Waals surface area contributed by atoms with Gasteiger partial charge < -0.3 is 0 Å². The summed E-state index contributed by atoms with van der Waals surface area (Å²) in [7, 11) is 0. The molecule has 0 saturated heterocycles. The van der Waals surface area contributed by atoms with E-state index in [0.29, 0.717) is 10.7 Å². The van der Waals surface area contributed by atoms with Gasteiger partial charge in [0.25, 0.3) is 11.5 Å². The van der Waals surface area contributed by atoms with Gasteiger partial charge in [0.15, 0.2) is 5.69 Å². The molecule has 0 radical (unpaired) electrons. The third kappa shape index (κ3) is 4.29. The fraction of sp³-hybridized carbons (Fsp3) is 0.136. The predicted molar refractivity (Wildman–Crippen MR) is 115 cm³/mol. The van der Waals surface area contributed by atoms with Crippen molar-refractivity contribution < 1.29 is 4.79 Å². The van der Waals surface area contributed by atoms with Crippen LogP contribution < -0.4 is 11.0 Å². The number of aryl methyl sites for hydroxylation is 2. The molecule has 1 N–H and O–H groups in total. The van der Waals surface area contributed by atoms with Crippen molar-refractivity contribution in [2.45, 2.75) is 20.8 Å². The minimum absolute atomic E-state index is 0.0797. The Morgan fingerprint density at radius 2 is 1.90 bits per heavy atom. The van der Waals surface area contributed by atoms with Crippen LogP contribution in [0, 0.1) is 32.1 Å². The average Bonchev–Trinajstić information content (AvgIpc) is 2.72. The van der Waals surface area contributed by atoms with Crippen LogP contribution in [0.3, 0.4) is 0 Å². The van der Waals surface area contributed by atoms with E-state index in [-0.39, 0.29) is 16.8 Å². The van der Waals surface area contributed by atoms with Gasteiger partial charge in [-0.05, 0) is 44.0 Å². The molecule has 3 aromatic rings. The van der Waals surface area contributed by atoms with E-state index in [1.54, 1.807) is 18.2 Å². The molecule has 30 heavy (non-hydrogen) atoms. The van der Waals surface area contributed by atoms with E-state index in [2.05, 4.69) is 15.6 Å². The molecule has 0 fully saturated rings. The highest BCUT2D eigenvalue weighted by molar-refractivity contribution is 6.31. The first-order valence-electron chi connectivity index (χ1n) is 9.02. The van der Waals surface area contributed by atoms with Crippen molar-refractivity contribution in [2.24, 2.45) is 5.10 Å². The number of aromatic nitrogens is 2. The second-order valence-electron chi connectivity index (χ2n) is 6.72. The first-order valence-corrected chi connectivity index (χ1v) is 9.40. The SMILES string of the molecule is Cc1ccc(/C=N\NC(=O)c2nn(-c3ccc(C)c(Cl)c3)c(=O)c(C#N)c2C)cc1. The highest BCUT2D eigenvalue weighted by Gasteiger charge is 2.20. The lowest BCUT2D eigenvalue weighted by Crippen LogP contribution is -2.31. The van der Waals surface area contributed by atoms with Gasteiger partial charge in [-0.25, -0.2) is 5.43 Å². The van der Waals surface area contributed by atoms with E-state index < -0.39 is 11.5 Å². The molecule has 0 bridgehead atoms. The lowest BCUT2D eigenvalue weighted by molar-refractivity contribution is 0.0947. The number of hydrogen-bond acceptors (Lipinski definition) is 5. The van der Waals surface area contributed by atoms with Crippen molar-refractivity contribution in [3.63, 3.8) is 0 Å². The van der Waals surface area contributed by atoms with Gasteiger partial charge in [0.2, 0.25) is 0 Å². The molecular formula is C22H18ClN5O2. The number of nitrogens with one attached hydrogen (secondary N) is 1. The molecule has 0 atom stereocenters. The second-order valence-corrected chi connectivity index (χ2v) is 7.13. The lowest BCUT2D eigenvalue weighted by atomic mass is 10.1. The number of benzene rings is 2. The first kappa shape index (κ1) is 21.0. The van der Waals surface area contributed by atoms with Gasteiger partial charge in [-0.3, -0.25) is 9.59 Å². The summed E-state index contributed by atoms with van der Waals surface area (Å²) in [4.78, 5) is 25.3. The number of nitrogens with zero attached hydrogens (tertiary/aromatic N) is 4. The highest BCUT2D eigenvalue weighted by atomic mass is 35.5. The smallest absolute Gasteiger partial charge is 0.266 e. The number of halogens is 1. The van der Waals surface area contributed by atoms with Gasteiger partial charge in [-0.2, -0.15) is 20.1 Å². The van der Waals surface area contributed by atoms with Crippen LogP contribution in [0.2, 0.25) is 5.02 Å². The molecule has 1 heterocycles. The normalized spacial score (nSPS) is 10.8. The standard InChI is InChI=1S/C22H18ClN5O2/c1-13-4-7-16(8-5-13)12-25-26-21(29)20-15(3)18(11-24)22(30)28(27-20)17-9-6-14(2)19(23)10-17/h4-10,12H,1-3H3,(H,26,29)/b25-12-. The highest BCUT2D eigenvalue weighted by Crippen LogP contribution is 2.19. The summed E-state index contributed by atoms with van der Waals surface area (Å²) >= 11 is 6.15. The predicted octanol–water partition coefficient (Wildman–Crippen LogP) is 3.45. The van der Waals surface area contributed by atoms with Crippen molar-refractivity contribution in [1.82, 2.24) is 15.2 Å².